The van der Waals surface area contributed by atoms with Gasteiger partial charge in [0.25, 0.3) is 18.2 Å². The number of amides is 5. The van der Waals surface area contributed by atoms with Crippen LogP contribution in [0, 0.1) is 17.0 Å². The molecule has 3 atom stereocenters. The molecule has 3 fully saturated rings. The minimum atomic E-state index is -2.71. The number of fused-ring (bicyclic) bond motifs is 3. The highest BCUT2D eigenvalue weighted by atomic mass is 19.3. The van der Waals surface area contributed by atoms with Crippen LogP contribution in [0.15, 0.2) is 42.5 Å². The fourth-order valence-electron chi connectivity index (χ4n) is 10.4. The van der Waals surface area contributed by atoms with E-state index in [1.54, 1.807) is 25.1 Å². The maximum Gasteiger partial charge on any atom is 0.262 e. The molecule has 5 amide bonds. The van der Waals surface area contributed by atoms with Gasteiger partial charge in [-0.3, -0.25) is 44.0 Å². The summed E-state index contributed by atoms with van der Waals surface area (Å²) in [7, 11) is 0. The number of piperidine rings is 2. The Morgan fingerprint density at radius 1 is 0.932 bits per heavy atom. The van der Waals surface area contributed by atoms with Crippen molar-refractivity contribution in [3.8, 4) is 5.75 Å². The number of likely N-dealkylation sites (tertiary alicyclic amines) is 1. The Balaban J connectivity index is 0.784. The standard InChI is InChI=1S/C43H44F4N6O6/c1-22-10-23-11-28(54)2-3-29(23)39(52(22)20-35(46)47)38-32(44)14-26(15-33(38)45)48-27-16-43(17-27)6-8-51(9-7-43)37(56)21-50-18-24-12-30-31(13-25(24)19-50)42(59)53(41(30)58)34-4-5-36(55)49-40(34)57/h2-3,11-15,22,27,34-35,39,48,54H,4-10,16-21H2,1H3,(H,49,55,57)/t22-,34?,39+/m1/s1. The zero-order valence-electron chi connectivity index (χ0n) is 32.4. The molecule has 1 aliphatic carbocycles. The summed E-state index contributed by atoms with van der Waals surface area (Å²) in [5.41, 5.74) is 3.22. The van der Waals surface area contributed by atoms with Gasteiger partial charge in [-0.25, -0.2) is 17.6 Å². The number of halogens is 4. The molecule has 2 saturated heterocycles. The van der Waals surface area contributed by atoms with Crippen molar-refractivity contribution in [3.05, 3.63) is 93.0 Å². The van der Waals surface area contributed by atoms with Crippen LogP contribution in [0.1, 0.15) is 100 Å². The molecule has 59 heavy (non-hydrogen) atoms. The number of nitrogens with one attached hydrogen (secondary N) is 2. The number of rotatable bonds is 8. The molecule has 1 saturated carbocycles. The van der Waals surface area contributed by atoms with Crippen molar-refractivity contribution in [2.75, 3.05) is 31.5 Å². The number of benzene rings is 3. The van der Waals surface area contributed by atoms with Crippen LogP contribution in [0.2, 0.25) is 0 Å². The van der Waals surface area contributed by atoms with Crippen molar-refractivity contribution < 1.29 is 46.6 Å². The van der Waals surface area contributed by atoms with Gasteiger partial charge in [0, 0.05) is 55.9 Å². The van der Waals surface area contributed by atoms with Gasteiger partial charge in [-0.15, -0.1) is 0 Å². The molecule has 6 aliphatic rings. The van der Waals surface area contributed by atoms with E-state index in [9.17, 15) is 37.9 Å². The van der Waals surface area contributed by atoms with Crippen molar-refractivity contribution in [2.24, 2.45) is 5.41 Å². The van der Waals surface area contributed by atoms with Crippen LogP contribution in [0.25, 0.3) is 0 Å². The minimum Gasteiger partial charge on any atom is -0.508 e. The lowest BCUT2D eigenvalue weighted by atomic mass is 9.60. The number of carbonyl (C=O) groups is 5. The molecule has 9 rings (SSSR count). The monoisotopic (exact) mass is 816 g/mol. The highest BCUT2D eigenvalue weighted by Gasteiger charge is 2.48. The number of hydrogen-bond donors (Lipinski definition) is 3. The molecule has 5 aliphatic heterocycles. The van der Waals surface area contributed by atoms with Crippen LogP contribution >= 0.6 is 0 Å². The number of carbonyl (C=O) groups excluding carboxylic acids is 5. The zero-order chi connectivity index (χ0) is 41.5. The fourth-order valence-corrected chi connectivity index (χ4v) is 10.4. The number of nitrogens with zero attached hydrogens (tertiary/aromatic N) is 4. The zero-order valence-corrected chi connectivity index (χ0v) is 32.4. The number of aromatic hydroxyl groups is 1. The van der Waals surface area contributed by atoms with E-state index >= 15 is 8.78 Å². The summed E-state index contributed by atoms with van der Waals surface area (Å²) in [4.78, 5) is 70.2. The van der Waals surface area contributed by atoms with Crippen LogP contribution in [-0.2, 0) is 33.9 Å². The topological polar surface area (TPSA) is 143 Å². The Kier molecular flexibility index (Phi) is 9.77. The molecule has 5 heterocycles. The molecule has 1 spiro atoms. The third kappa shape index (κ3) is 7.03. The van der Waals surface area contributed by atoms with Crippen molar-refractivity contribution >= 4 is 35.2 Å². The van der Waals surface area contributed by atoms with E-state index in [4.69, 9.17) is 0 Å². The van der Waals surface area contributed by atoms with E-state index in [1.807, 2.05) is 9.80 Å². The summed E-state index contributed by atoms with van der Waals surface area (Å²) in [5.74, 6) is -3.93. The van der Waals surface area contributed by atoms with E-state index in [-0.39, 0.29) is 64.9 Å². The molecular weight excluding hydrogens is 773 g/mol. The first-order chi connectivity index (χ1) is 28.2. The predicted octanol–water partition coefficient (Wildman–Crippen LogP) is 4.87. The average molecular weight is 817 g/mol. The number of phenols is 1. The summed E-state index contributed by atoms with van der Waals surface area (Å²) < 4.78 is 59.3. The van der Waals surface area contributed by atoms with E-state index in [1.165, 1.54) is 29.2 Å². The third-order valence-electron chi connectivity index (χ3n) is 13.3. The lowest BCUT2D eigenvalue weighted by Gasteiger charge is -2.52. The predicted molar refractivity (Wildman–Crippen MR) is 204 cm³/mol. The second kappa shape index (κ2) is 14.7. The van der Waals surface area contributed by atoms with Gasteiger partial charge >= 0.3 is 0 Å². The molecular formula is C43H44F4N6O6. The lowest BCUT2D eigenvalue weighted by molar-refractivity contribution is -0.137. The van der Waals surface area contributed by atoms with Gasteiger partial charge in [-0.05, 0) is 110 Å². The third-order valence-corrected chi connectivity index (χ3v) is 13.3. The van der Waals surface area contributed by atoms with E-state index in [2.05, 4.69) is 10.6 Å². The number of alkyl halides is 2. The molecule has 3 aromatic rings. The van der Waals surface area contributed by atoms with Crippen LogP contribution in [0.3, 0.4) is 0 Å². The van der Waals surface area contributed by atoms with Gasteiger partial charge in [0.1, 0.15) is 23.4 Å². The van der Waals surface area contributed by atoms with Gasteiger partial charge < -0.3 is 15.3 Å². The smallest absolute Gasteiger partial charge is 0.262 e. The minimum absolute atomic E-state index is 0.0000131. The van der Waals surface area contributed by atoms with Crippen LogP contribution in [0.4, 0.5) is 23.2 Å². The number of imide groups is 2. The van der Waals surface area contributed by atoms with Gasteiger partial charge in [0.05, 0.1) is 30.3 Å². The van der Waals surface area contributed by atoms with Crippen molar-refractivity contribution in [1.82, 2.24) is 24.9 Å². The molecule has 16 heteroatoms. The van der Waals surface area contributed by atoms with Gasteiger partial charge in [-0.2, -0.15) is 0 Å². The first-order valence-corrected chi connectivity index (χ1v) is 20.2. The summed E-state index contributed by atoms with van der Waals surface area (Å²) >= 11 is 0. The van der Waals surface area contributed by atoms with Crippen molar-refractivity contribution in [2.45, 2.75) is 95.6 Å². The molecule has 1 unspecified atom stereocenters. The lowest BCUT2D eigenvalue weighted by Crippen LogP contribution is -2.54. The Bertz CT molecular complexity index is 2220. The maximum atomic E-state index is 15.9. The summed E-state index contributed by atoms with van der Waals surface area (Å²) in [6, 6.07) is 7.66. The van der Waals surface area contributed by atoms with E-state index < -0.39 is 66.4 Å². The van der Waals surface area contributed by atoms with Crippen LogP contribution in [0.5, 0.6) is 5.75 Å². The largest absolute Gasteiger partial charge is 0.508 e. The number of hydrogen-bond acceptors (Lipinski definition) is 9. The van der Waals surface area contributed by atoms with E-state index in [0.717, 1.165) is 41.7 Å². The van der Waals surface area contributed by atoms with Gasteiger partial charge in [0.15, 0.2) is 0 Å². The molecule has 0 radical (unpaired) electrons. The summed E-state index contributed by atoms with van der Waals surface area (Å²) in [5, 5.41) is 15.5. The fraction of sp³-hybridized carbons (Fsp3) is 0.465. The summed E-state index contributed by atoms with van der Waals surface area (Å²) in [6.45, 7) is 3.24. The average Bonchev–Trinajstić information content (AvgIpc) is 3.66. The highest BCUT2D eigenvalue weighted by molar-refractivity contribution is 6.23. The normalized spacial score (nSPS) is 24.3. The SMILES string of the molecule is C[C@@H]1Cc2cc(O)ccc2[C@@H](c2c(F)cc(NC3CC4(CCN(C(=O)CN5Cc6cc7c(cc6C5)C(=O)N(C5CCC(=O)NC5=O)C7=O)CC4)C3)cc2F)N1CC(F)F. The van der Waals surface area contributed by atoms with Crippen LogP contribution < -0.4 is 10.6 Å². The first kappa shape index (κ1) is 39.1. The molecule has 12 nitrogen and oxygen atoms in total. The molecule has 3 N–H and O–H groups in total. The summed E-state index contributed by atoms with van der Waals surface area (Å²) in [6.07, 6.45) is 0.873. The Morgan fingerprint density at radius 2 is 1.58 bits per heavy atom. The first-order valence-electron chi connectivity index (χ1n) is 20.2. The van der Waals surface area contributed by atoms with Gasteiger partial charge in [0.2, 0.25) is 17.7 Å². The Hall–Kier alpha value is -5.35. The molecule has 310 valence electrons. The Morgan fingerprint density at radius 3 is 2.19 bits per heavy atom. The second-order valence-electron chi connectivity index (χ2n) is 17.2. The van der Waals surface area contributed by atoms with Gasteiger partial charge in [-0.1, -0.05) is 6.07 Å². The molecule has 0 bridgehead atoms. The van der Waals surface area contributed by atoms with Crippen molar-refractivity contribution in [3.63, 3.8) is 0 Å². The number of anilines is 1. The molecule has 0 aromatic heterocycles. The van der Waals surface area contributed by atoms with Crippen molar-refractivity contribution in [1.29, 1.82) is 0 Å². The second-order valence-corrected chi connectivity index (χ2v) is 17.2. The maximum absolute atomic E-state index is 15.9. The Labute approximate surface area is 337 Å². The van der Waals surface area contributed by atoms with E-state index in [0.29, 0.717) is 43.7 Å². The highest BCUT2D eigenvalue weighted by Crippen LogP contribution is 2.50. The quantitative estimate of drug-likeness (QED) is 0.215. The molecule has 3 aromatic carbocycles. The van der Waals surface area contributed by atoms with Crippen LogP contribution in [-0.4, -0.2) is 105 Å². The number of phenolic OH excluding ortho intramolecular Hbond substituents is 1.